The minimum absolute atomic E-state index is 0.576. The number of carboxylic acid groups (broad SMARTS) is 1. The van der Waals surface area contributed by atoms with Crippen LogP contribution in [0, 0.1) is 0 Å². The summed E-state index contributed by atoms with van der Waals surface area (Å²) in [5.41, 5.74) is 1.92. The Labute approximate surface area is 88.7 Å². The van der Waals surface area contributed by atoms with Gasteiger partial charge in [0.1, 0.15) is 0 Å². The zero-order chi connectivity index (χ0) is 11.4. The molecule has 0 aliphatic heterocycles. The average Bonchev–Trinajstić information content (AvgIpc) is 2.27. The average molecular weight is 206 g/mol. The van der Waals surface area contributed by atoms with Crippen LogP contribution in [0.25, 0.3) is 0 Å². The number of carboxylic acids is 1. The molecule has 0 amide bonds. The second kappa shape index (κ2) is 4.73. The summed E-state index contributed by atoms with van der Waals surface area (Å²) >= 11 is 0. The van der Waals surface area contributed by atoms with E-state index < -0.39 is 17.7 Å². The lowest BCUT2D eigenvalue weighted by atomic mass is 9.95. The number of hydrogen-bond donors (Lipinski definition) is 1. The van der Waals surface area contributed by atoms with Crippen molar-refractivity contribution in [3.63, 3.8) is 0 Å². The molecule has 1 N–H and O–H groups in total. The number of benzene rings is 1. The van der Waals surface area contributed by atoms with Crippen molar-refractivity contribution in [2.24, 2.45) is 0 Å². The summed E-state index contributed by atoms with van der Waals surface area (Å²) in [6, 6.07) is 7.45. The summed E-state index contributed by atoms with van der Waals surface area (Å²) in [5, 5.41) is 8.56. The first kappa shape index (κ1) is 11.4. The van der Waals surface area contributed by atoms with E-state index in [1.54, 1.807) is 6.92 Å². The van der Waals surface area contributed by atoms with Gasteiger partial charge in [-0.15, -0.1) is 0 Å². The van der Waals surface area contributed by atoms with Gasteiger partial charge in [-0.1, -0.05) is 38.1 Å². The van der Waals surface area contributed by atoms with Gasteiger partial charge in [0.2, 0.25) is 5.78 Å². The molecule has 3 nitrogen and oxygen atoms in total. The van der Waals surface area contributed by atoms with E-state index in [-0.39, 0.29) is 0 Å². The number of ketones is 1. The summed E-state index contributed by atoms with van der Waals surface area (Å²) in [6.07, 6.45) is 0.932. The van der Waals surface area contributed by atoms with E-state index in [4.69, 9.17) is 5.11 Å². The number of rotatable bonds is 4. The number of carbonyl (C=O) groups is 2. The van der Waals surface area contributed by atoms with Crippen molar-refractivity contribution in [3.8, 4) is 0 Å². The van der Waals surface area contributed by atoms with Crippen LogP contribution in [0.15, 0.2) is 24.3 Å². The Kier molecular flexibility index (Phi) is 3.61. The molecule has 0 heterocycles. The van der Waals surface area contributed by atoms with Gasteiger partial charge in [-0.25, -0.2) is 4.79 Å². The number of carbonyl (C=O) groups excluding carboxylic acids is 1. The van der Waals surface area contributed by atoms with E-state index in [1.807, 2.05) is 31.2 Å². The highest BCUT2D eigenvalue weighted by Gasteiger charge is 2.21. The highest BCUT2D eigenvalue weighted by atomic mass is 16.4. The molecular formula is C12H14O3. The summed E-state index contributed by atoms with van der Waals surface area (Å²) in [5.74, 6) is -2.71. The number of hydrogen-bond acceptors (Lipinski definition) is 2. The Morgan fingerprint density at radius 1 is 1.27 bits per heavy atom. The number of aliphatic carboxylic acids is 1. The normalized spacial score (nSPS) is 12.1. The lowest BCUT2D eigenvalue weighted by Crippen LogP contribution is -2.19. The van der Waals surface area contributed by atoms with Crippen LogP contribution in [0.4, 0.5) is 0 Å². The van der Waals surface area contributed by atoms with Gasteiger partial charge in [0.15, 0.2) is 0 Å². The zero-order valence-corrected chi connectivity index (χ0v) is 8.86. The molecule has 1 rings (SSSR count). The molecule has 1 aromatic rings. The highest BCUT2D eigenvalue weighted by Crippen LogP contribution is 2.17. The van der Waals surface area contributed by atoms with E-state index in [9.17, 15) is 9.59 Å². The third-order valence-electron chi connectivity index (χ3n) is 2.49. The predicted molar refractivity (Wildman–Crippen MR) is 56.9 cm³/mol. The molecule has 0 aliphatic rings. The lowest BCUT2D eigenvalue weighted by Gasteiger charge is -2.08. The maximum atomic E-state index is 11.2. The van der Waals surface area contributed by atoms with Crippen LogP contribution < -0.4 is 0 Å². The quantitative estimate of drug-likeness (QED) is 0.766. The standard InChI is InChI=1S/C12H14O3/c1-3-9-4-6-10(7-5-9)8(2)11(13)12(14)15/h4-8H,3H2,1-2H3,(H,14,15). The molecule has 1 atom stereocenters. The summed E-state index contributed by atoms with van der Waals surface area (Å²) in [4.78, 5) is 21.7. The van der Waals surface area contributed by atoms with Crippen LogP contribution in [0.5, 0.6) is 0 Å². The van der Waals surface area contributed by atoms with Crippen LogP contribution in [0.3, 0.4) is 0 Å². The number of Topliss-reactive ketones (excluding diaryl/α,β-unsaturated/α-hetero) is 1. The molecule has 0 spiro atoms. The van der Waals surface area contributed by atoms with Crippen LogP contribution in [0.1, 0.15) is 30.9 Å². The topological polar surface area (TPSA) is 54.4 Å². The van der Waals surface area contributed by atoms with Gasteiger partial charge < -0.3 is 5.11 Å². The molecule has 80 valence electrons. The second-order valence-electron chi connectivity index (χ2n) is 3.49. The van der Waals surface area contributed by atoms with E-state index in [0.717, 1.165) is 12.0 Å². The van der Waals surface area contributed by atoms with Crippen molar-refractivity contribution in [3.05, 3.63) is 35.4 Å². The third kappa shape index (κ3) is 2.65. The fraction of sp³-hybridized carbons (Fsp3) is 0.333. The van der Waals surface area contributed by atoms with Crippen LogP contribution >= 0.6 is 0 Å². The molecule has 0 aromatic heterocycles. The maximum Gasteiger partial charge on any atom is 0.372 e. The summed E-state index contributed by atoms with van der Waals surface area (Å²) in [7, 11) is 0. The molecular weight excluding hydrogens is 192 g/mol. The molecule has 15 heavy (non-hydrogen) atoms. The monoisotopic (exact) mass is 206 g/mol. The van der Waals surface area contributed by atoms with Crippen molar-refractivity contribution in [2.45, 2.75) is 26.2 Å². The van der Waals surface area contributed by atoms with Crippen molar-refractivity contribution < 1.29 is 14.7 Å². The molecule has 1 unspecified atom stereocenters. The van der Waals surface area contributed by atoms with Crippen molar-refractivity contribution >= 4 is 11.8 Å². The largest absolute Gasteiger partial charge is 0.475 e. The predicted octanol–water partition coefficient (Wildman–Crippen LogP) is 2.01. The Hall–Kier alpha value is -1.64. The van der Waals surface area contributed by atoms with E-state index >= 15 is 0 Å². The van der Waals surface area contributed by atoms with E-state index in [2.05, 4.69) is 0 Å². The molecule has 0 aliphatic carbocycles. The Bertz CT molecular complexity index is 365. The Balaban J connectivity index is 2.87. The zero-order valence-electron chi connectivity index (χ0n) is 8.86. The van der Waals surface area contributed by atoms with Crippen molar-refractivity contribution in [2.75, 3.05) is 0 Å². The second-order valence-corrected chi connectivity index (χ2v) is 3.49. The molecule has 0 radical (unpaired) electrons. The first-order valence-corrected chi connectivity index (χ1v) is 4.92. The minimum Gasteiger partial charge on any atom is -0.475 e. The smallest absolute Gasteiger partial charge is 0.372 e. The molecule has 0 saturated heterocycles. The Morgan fingerprint density at radius 3 is 2.20 bits per heavy atom. The third-order valence-corrected chi connectivity index (χ3v) is 2.49. The number of aryl methyl sites for hydroxylation is 1. The molecule has 0 fully saturated rings. The van der Waals surface area contributed by atoms with Crippen LogP contribution in [-0.2, 0) is 16.0 Å². The Morgan fingerprint density at radius 2 is 1.80 bits per heavy atom. The van der Waals surface area contributed by atoms with Gasteiger partial charge in [-0.05, 0) is 17.5 Å². The highest BCUT2D eigenvalue weighted by molar-refractivity contribution is 6.34. The first-order chi connectivity index (χ1) is 7.06. The van der Waals surface area contributed by atoms with Gasteiger partial charge in [0, 0.05) is 0 Å². The van der Waals surface area contributed by atoms with Gasteiger partial charge in [-0.3, -0.25) is 4.79 Å². The molecule has 3 heteroatoms. The van der Waals surface area contributed by atoms with Gasteiger partial charge in [0.25, 0.3) is 0 Å². The summed E-state index contributed by atoms with van der Waals surface area (Å²) in [6.45, 7) is 3.65. The van der Waals surface area contributed by atoms with Crippen LogP contribution in [0.2, 0.25) is 0 Å². The first-order valence-electron chi connectivity index (χ1n) is 4.92. The fourth-order valence-corrected chi connectivity index (χ4v) is 1.38. The molecule has 0 saturated carbocycles. The maximum absolute atomic E-state index is 11.2. The molecule has 0 bridgehead atoms. The fourth-order valence-electron chi connectivity index (χ4n) is 1.38. The van der Waals surface area contributed by atoms with Crippen molar-refractivity contribution in [1.82, 2.24) is 0 Å². The van der Waals surface area contributed by atoms with E-state index in [1.165, 1.54) is 5.56 Å². The van der Waals surface area contributed by atoms with Gasteiger partial charge in [-0.2, -0.15) is 0 Å². The van der Waals surface area contributed by atoms with E-state index in [0.29, 0.717) is 0 Å². The van der Waals surface area contributed by atoms with Crippen molar-refractivity contribution in [1.29, 1.82) is 0 Å². The summed E-state index contributed by atoms with van der Waals surface area (Å²) < 4.78 is 0. The molecule has 1 aromatic carbocycles. The van der Waals surface area contributed by atoms with Gasteiger partial charge in [0.05, 0.1) is 5.92 Å². The van der Waals surface area contributed by atoms with Crippen LogP contribution in [-0.4, -0.2) is 16.9 Å². The van der Waals surface area contributed by atoms with Gasteiger partial charge >= 0.3 is 5.97 Å². The lowest BCUT2D eigenvalue weighted by molar-refractivity contribution is -0.149. The SMILES string of the molecule is CCc1ccc(C(C)C(=O)C(=O)O)cc1. The minimum atomic E-state index is -1.37.